The van der Waals surface area contributed by atoms with E-state index in [4.69, 9.17) is 9.57 Å². The van der Waals surface area contributed by atoms with Crippen molar-refractivity contribution in [2.24, 2.45) is 0 Å². The van der Waals surface area contributed by atoms with E-state index >= 15 is 0 Å². The molecular weight excluding hydrogens is 282 g/mol. The summed E-state index contributed by atoms with van der Waals surface area (Å²) in [5.74, 6) is -0.590. The molecule has 0 aliphatic heterocycles. The van der Waals surface area contributed by atoms with Crippen molar-refractivity contribution < 1.29 is 24.2 Å². The van der Waals surface area contributed by atoms with Gasteiger partial charge in [0, 0.05) is 0 Å². The van der Waals surface area contributed by atoms with Crippen LogP contribution in [0.1, 0.15) is 11.1 Å². The molecule has 0 spiro atoms. The summed E-state index contributed by atoms with van der Waals surface area (Å²) in [6.07, 6.45) is 0. The number of carboxylic acids is 1. The van der Waals surface area contributed by atoms with Crippen LogP contribution in [0, 0.1) is 0 Å². The lowest BCUT2D eigenvalue weighted by Gasteiger charge is -2.10. The van der Waals surface area contributed by atoms with Crippen molar-refractivity contribution in [1.29, 1.82) is 0 Å². The molecule has 0 unspecified atom stereocenters. The van der Waals surface area contributed by atoms with Gasteiger partial charge in [0.2, 0.25) is 0 Å². The summed E-state index contributed by atoms with van der Waals surface area (Å²) in [7, 11) is 2.95. The number of hydrogen-bond acceptors (Lipinski definition) is 3. The Kier molecular flexibility index (Phi) is 5.14. The third-order valence-electron chi connectivity index (χ3n) is 3.17. The van der Waals surface area contributed by atoms with Gasteiger partial charge in [0.25, 0.3) is 0 Å². The lowest BCUT2D eigenvalue weighted by molar-refractivity contribution is -0.759. The molecule has 0 aromatic heterocycles. The molecule has 0 saturated heterocycles. The number of ether oxygens (including phenoxy) is 1. The number of para-hydroxylation sites is 1. The minimum Gasteiger partial charge on any atom is -0.488 e. The second kappa shape index (κ2) is 7.26. The molecule has 114 valence electrons. The molecule has 0 heterocycles. The van der Waals surface area contributed by atoms with Crippen LogP contribution in [0.5, 0.6) is 5.75 Å². The van der Waals surface area contributed by atoms with Gasteiger partial charge in [-0.1, -0.05) is 42.5 Å². The second-order valence-electron chi connectivity index (χ2n) is 4.60. The number of nitrogens with zero attached hydrogens (tertiary/aromatic N) is 1. The molecule has 0 atom stereocenters. The Labute approximate surface area is 129 Å². The van der Waals surface area contributed by atoms with Gasteiger partial charge in [-0.3, -0.25) is 4.84 Å². The van der Waals surface area contributed by atoms with Crippen molar-refractivity contribution >= 4 is 11.7 Å². The summed E-state index contributed by atoms with van der Waals surface area (Å²) in [5.41, 5.74) is 1.50. The average Bonchev–Trinajstić information content (AvgIpc) is 2.54. The number of benzene rings is 2. The molecular formula is C17H18NO4+. The normalized spacial score (nSPS) is 11.5. The van der Waals surface area contributed by atoms with Crippen molar-refractivity contribution in [3.05, 3.63) is 65.7 Å². The summed E-state index contributed by atoms with van der Waals surface area (Å²) in [6.45, 7) is 0.363. The van der Waals surface area contributed by atoms with Gasteiger partial charge >= 0.3 is 11.7 Å². The monoisotopic (exact) mass is 300 g/mol. The first-order valence-corrected chi connectivity index (χ1v) is 6.77. The summed E-state index contributed by atoms with van der Waals surface area (Å²) in [6, 6.07) is 16.7. The molecule has 2 rings (SSSR count). The summed E-state index contributed by atoms with van der Waals surface area (Å²) in [5, 5.41) is 9.42. The van der Waals surface area contributed by atoms with Crippen LogP contribution in [0.2, 0.25) is 0 Å². The second-order valence-corrected chi connectivity index (χ2v) is 4.60. The van der Waals surface area contributed by atoms with Crippen molar-refractivity contribution in [3.63, 3.8) is 0 Å². The number of hydrogen-bond donors (Lipinski definition) is 1. The van der Waals surface area contributed by atoms with Gasteiger partial charge in [-0.05, 0) is 22.4 Å². The van der Waals surface area contributed by atoms with Crippen LogP contribution >= 0.6 is 0 Å². The van der Waals surface area contributed by atoms with E-state index in [1.54, 1.807) is 24.3 Å². The maximum absolute atomic E-state index is 11.5. The van der Waals surface area contributed by atoms with E-state index in [2.05, 4.69) is 0 Å². The predicted molar refractivity (Wildman–Crippen MR) is 82.2 cm³/mol. The highest BCUT2D eigenvalue weighted by Crippen LogP contribution is 2.20. The highest BCUT2D eigenvalue weighted by Gasteiger charge is 2.27. The summed E-state index contributed by atoms with van der Waals surface area (Å²) < 4.78 is 6.98. The van der Waals surface area contributed by atoms with E-state index in [0.717, 1.165) is 5.56 Å². The van der Waals surface area contributed by atoms with Crippen molar-refractivity contribution in [1.82, 2.24) is 0 Å². The van der Waals surface area contributed by atoms with Crippen LogP contribution in [-0.4, -0.2) is 35.7 Å². The maximum atomic E-state index is 11.5. The largest absolute Gasteiger partial charge is 0.488 e. The first-order valence-electron chi connectivity index (χ1n) is 6.77. The van der Waals surface area contributed by atoms with Gasteiger partial charge in [0.1, 0.15) is 25.0 Å². The van der Waals surface area contributed by atoms with Crippen LogP contribution in [-0.2, 0) is 16.2 Å². The summed E-state index contributed by atoms with van der Waals surface area (Å²) in [4.78, 5) is 16.5. The fourth-order valence-electron chi connectivity index (χ4n) is 2.03. The van der Waals surface area contributed by atoms with E-state index in [9.17, 15) is 9.90 Å². The Morgan fingerprint density at radius 3 is 2.36 bits per heavy atom. The Balaban J connectivity index is 2.32. The Morgan fingerprint density at radius 2 is 1.73 bits per heavy atom. The highest BCUT2D eigenvalue weighted by atomic mass is 16.7. The van der Waals surface area contributed by atoms with Crippen LogP contribution in [0.25, 0.3) is 0 Å². The highest BCUT2D eigenvalue weighted by molar-refractivity contribution is 6.40. The molecule has 2 aromatic carbocycles. The fourth-order valence-corrected chi connectivity index (χ4v) is 2.03. The van der Waals surface area contributed by atoms with Crippen LogP contribution in [0.4, 0.5) is 0 Å². The Bertz CT molecular complexity index is 680. The van der Waals surface area contributed by atoms with Gasteiger partial charge in [-0.15, -0.1) is 0 Å². The van der Waals surface area contributed by atoms with Crippen molar-refractivity contribution in [3.8, 4) is 5.75 Å². The first kappa shape index (κ1) is 15.6. The van der Waals surface area contributed by atoms with Gasteiger partial charge in [-0.25, -0.2) is 4.79 Å². The SMILES string of the molecule is CO/[N+](C)=C(/C(=O)O)c1ccccc1OCc1ccccc1. The van der Waals surface area contributed by atoms with E-state index in [-0.39, 0.29) is 5.71 Å². The Hall–Kier alpha value is -2.82. The van der Waals surface area contributed by atoms with Gasteiger partial charge < -0.3 is 9.84 Å². The smallest absolute Gasteiger partial charge is 0.406 e. The van der Waals surface area contributed by atoms with E-state index in [0.29, 0.717) is 17.9 Å². The average molecular weight is 300 g/mol. The molecule has 5 nitrogen and oxygen atoms in total. The molecule has 0 saturated carbocycles. The lowest BCUT2D eigenvalue weighted by Crippen LogP contribution is -2.26. The predicted octanol–water partition coefficient (Wildman–Crippen LogP) is 2.34. The maximum Gasteiger partial charge on any atom is 0.406 e. The number of rotatable bonds is 6. The van der Waals surface area contributed by atoms with Crippen molar-refractivity contribution in [2.45, 2.75) is 6.61 Å². The minimum absolute atomic E-state index is 0.0196. The number of aliphatic carboxylic acids is 1. The van der Waals surface area contributed by atoms with Crippen molar-refractivity contribution in [2.75, 3.05) is 14.2 Å². The third kappa shape index (κ3) is 3.63. The zero-order valence-electron chi connectivity index (χ0n) is 12.5. The molecule has 0 bridgehead atoms. The molecule has 22 heavy (non-hydrogen) atoms. The number of carbonyl (C=O) groups is 1. The molecule has 1 N–H and O–H groups in total. The zero-order valence-corrected chi connectivity index (χ0v) is 12.5. The first-order chi connectivity index (χ1) is 10.6. The van der Waals surface area contributed by atoms with Gasteiger partial charge in [0.15, 0.2) is 7.05 Å². The van der Waals surface area contributed by atoms with Crippen LogP contribution in [0.15, 0.2) is 54.6 Å². The van der Waals surface area contributed by atoms with E-state index < -0.39 is 5.97 Å². The minimum atomic E-state index is -1.08. The van der Waals surface area contributed by atoms with E-state index in [1.165, 1.54) is 18.9 Å². The molecule has 2 aromatic rings. The molecule has 0 radical (unpaired) electrons. The molecule has 0 aliphatic rings. The molecule has 5 heteroatoms. The van der Waals surface area contributed by atoms with Gasteiger partial charge in [-0.2, -0.15) is 0 Å². The molecule has 0 fully saturated rings. The summed E-state index contributed by atoms with van der Waals surface area (Å²) >= 11 is 0. The quantitative estimate of drug-likeness (QED) is 0.505. The van der Waals surface area contributed by atoms with Crippen LogP contribution < -0.4 is 4.74 Å². The molecule has 0 amide bonds. The topological polar surface area (TPSA) is 58.8 Å². The Morgan fingerprint density at radius 1 is 1.09 bits per heavy atom. The zero-order chi connectivity index (χ0) is 15.9. The van der Waals surface area contributed by atoms with Crippen LogP contribution in [0.3, 0.4) is 0 Å². The standard InChI is InChI=1S/C17H17NO4/c1-18(21-2)16(17(19)20)14-10-6-7-11-15(14)22-12-13-8-4-3-5-9-13/h3-11H,12H2,1-2H3/p+1/b18-16+. The lowest BCUT2D eigenvalue weighted by atomic mass is 10.1. The third-order valence-corrected chi connectivity index (χ3v) is 3.17. The molecule has 0 aliphatic carbocycles. The number of hydroxylamine groups is 1. The van der Waals surface area contributed by atoms with Gasteiger partial charge in [0.05, 0.1) is 0 Å². The van der Waals surface area contributed by atoms with E-state index in [1.807, 2.05) is 30.3 Å². The fraction of sp³-hybridized carbons (Fsp3) is 0.176. The number of carboxylic acid groups (broad SMARTS) is 1.